The van der Waals surface area contributed by atoms with Crippen molar-refractivity contribution in [2.75, 3.05) is 46.5 Å². The van der Waals surface area contributed by atoms with Crippen LogP contribution in [-0.4, -0.2) is 57.4 Å². The molecular weight excluding hydrogens is 358 g/mol. The quantitative estimate of drug-likeness (QED) is 0.446. The Balaban J connectivity index is 1.80. The molecule has 1 heterocycles. The van der Waals surface area contributed by atoms with Crippen LogP contribution in [0.4, 0.5) is 0 Å². The Morgan fingerprint density at radius 2 is 2.39 bits per heavy atom. The Morgan fingerprint density at radius 1 is 1.52 bits per heavy atom. The molecule has 1 aromatic rings. The van der Waals surface area contributed by atoms with Crippen molar-refractivity contribution in [1.82, 2.24) is 10.2 Å². The van der Waals surface area contributed by atoms with Gasteiger partial charge in [0.05, 0.1) is 13.2 Å². The van der Waals surface area contributed by atoms with Crippen molar-refractivity contribution >= 4 is 21.9 Å². The highest BCUT2D eigenvalue weighted by Gasteiger charge is 2.18. The van der Waals surface area contributed by atoms with Crippen molar-refractivity contribution in [3.8, 4) is 5.75 Å². The zero-order valence-corrected chi connectivity index (χ0v) is 15.5. The number of rotatable bonds is 7. The van der Waals surface area contributed by atoms with Crippen molar-refractivity contribution in [3.63, 3.8) is 0 Å². The first-order chi connectivity index (χ1) is 11.2. The number of ether oxygens (including phenoxy) is 2. The van der Waals surface area contributed by atoms with Gasteiger partial charge in [-0.1, -0.05) is 22.0 Å². The molecule has 6 heteroatoms. The molecule has 1 unspecified atom stereocenters. The van der Waals surface area contributed by atoms with E-state index in [1.54, 1.807) is 0 Å². The smallest absolute Gasteiger partial charge is 0.193 e. The first kappa shape index (κ1) is 18.1. The Hall–Kier alpha value is -1.27. The van der Waals surface area contributed by atoms with E-state index in [2.05, 4.69) is 45.1 Å². The number of aliphatic imine (C=N–C) groups is 1. The molecule has 128 valence electrons. The third-order valence-electron chi connectivity index (χ3n) is 3.67. The zero-order valence-electron chi connectivity index (χ0n) is 13.9. The highest BCUT2D eigenvalue weighted by atomic mass is 79.9. The Morgan fingerprint density at radius 3 is 3.09 bits per heavy atom. The van der Waals surface area contributed by atoms with Gasteiger partial charge < -0.3 is 19.7 Å². The van der Waals surface area contributed by atoms with Gasteiger partial charge in [-0.3, -0.25) is 0 Å². The van der Waals surface area contributed by atoms with Crippen molar-refractivity contribution in [1.29, 1.82) is 0 Å². The molecule has 1 atom stereocenters. The van der Waals surface area contributed by atoms with E-state index in [9.17, 15) is 0 Å². The second-order valence-corrected chi connectivity index (χ2v) is 6.57. The van der Waals surface area contributed by atoms with Crippen LogP contribution in [0.1, 0.15) is 13.3 Å². The summed E-state index contributed by atoms with van der Waals surface area (Å²) < 4.78 is 12.2. The van der Waals surface area contributed by atoms with Crippen LogP contribution >= 0.6 is 15.9 Å². The molecule has 0 aromatic heterocycles. The summed E-state index contributed by atoms with van der Waals surface area (Å²) in [7, 11) is 2.08. The molecule has 0 bridgehead atoms. The molecule has 0 aliphatic carbocycles. The van der Waals surface area contributed by atoms with Crippen LogP contribution in [-0.2, 0) is 4.74 Å². The van der Waals surface area contributed by atoms with Gasteiger partial charge in [-0.25, -0.2) is 4.99 Å². The molecular formula is C17H26BrN3O2. The number of guanidine groups is 1. The van der Waals surface area contributed by atoms with Crippen molar-refractivity contribution < 1.29 is 9.47 Å². The van der Waals surface area contributed by atoms with Gasteiger partial charge in [0.2, 0.25) is 0 Å². The Labute approximate surface area is 147 Å². The minimum atomic E-state index is 0.561. The third-order valence-corrected chi connectivity index (χ3v) is 4.16. The summed E-state index contributed by atoms with van der Waals surface area (Å²) in [6.45, 7) is 6.84. The zero-order chi connectivity index (χ0) is 16.5. The number of hydrogen-bond acceptors (Lipinski definition) is 3. The van der Waals surface area contributed by atoms with Gasteiger partial charge in [-0.05, 0) is 31.5 Å². The SMILES string of the molecule is CCNC(=NCCOc1cccc(Br)c1)N(C)CC1CCOC1. The highest BCUT2D eigenvalue weighted by molar-refractivity contribution is 9.10. The van der Waals surface area contributed by atoms with Crippen LogP contribution in [0.25, 0.3) is 0 Å². The summed E-state index contributed by atoms with van der Waals surface area (Å²) in [5, 5.41) is 3.34. The van der Waals surface area contributed by atoms with Gasteiger partial charge in [-0.15, -0.1) is 0 Å². The lowest BCUT2D eigenvalue weighted by Gasteiger charge is -2.24. The largest absolute Gasteiger partial charge is 0.492 e. The minimum absolute atomic E-state index is 0.561. The summed E-state index contributed by atoms with van der Waals surface area (Å²) in [6.07, 6.45) is 1.13. The molecule has 1 fully saturated rings. The monoisotopic (exact) mass is 383 g/mol. The highest BCUT2D eigenvalue weighted by Crippen LogP contribution is 2.17. The topological polar surface area (TPSA) is 46.1 Å². The molecule has 0 saturated carbocycles. The van der Waals surface area contributed by atoms with Gasteiger partial charge in [0.1, 0.15) is 12.4 Å². The number of halogens is 1. The summed E-state index contributed by atoms with van der Waals surface area (Å²) in [6, 6.07) is 7.85. The van der Waals surface area contributed by atoms with Gasteiger partial charge in [0, 0.05) is 37.1 Å². The van der Waals surface area contributed by atoms with E-state index in [1.165, 1.54) is 0 Å². The molecule has 0 spiro atoms. The van der Waals surface area contributed by atoms with Crippen molar-refractivity contribution in [3.05, 3.63) is 28.7 Å². The fourth-order valence-electron chi connectivity index (χ4n) is 2.54. The van der Waals surface area contributed by atoms with Crippen LogP contribution in [0.5, 0.6) is 5.75 Å². The maximum atomic E-state index is 5.73. The van der Waals surface area contributed by atoms with Crippen LogP contribution in [0.3, 0.4) is 0 Å². The molecule has 1 saturated heterocycles. The maximum absolute atomic E-state index is 5.73. The number of nitrogens with zero attached hydrogens (tertiary/aromatic N) is 2. The van der Waals surface area contributed by atoms with Gasteiger partial charge in [-0.2, -0.15) is 0 Å². The van der Waals surface area contributed by atoms with Gasteiger partial charge >= 0.3 is 0 Å². The van der Waals surface area contributed by atoms with E-state index in [0.717, 1.165) is 48.9 Å². The first-order valence-corrected chi connectivity index (χ1v) is 8.94. The second-order valence-electron chi connectivity index (χ2n) is 5.65. The normalized spacial score (nSPS) is 18.0. The fourth-order valence-corrected chi connectivity index (χ4v) is 2.92. The fraction of sp³-hybridized carbons (Fsp3) is 0.588. The number of benzene rings is 1. The lowest BCUT2D eigenvalue weighted by Crippen LogP contribution is -2.41. The molecule has 1 aromatic carbocycles. The summed E-state index contributed by atoms with van der Waals surface area (Å²) >= 11 is 3.44. The van der Waals surface area contributed by atoms with Crippen molar-refractivity contribution in [2.45, 2.75) is 13.3 Å². The predicted octanol–water partition coefficient (Wildman–Crippen LogP) is 2.76. The number of nitrogens with one attached hydrogen (secondary N) is 1. The van der Waals surface area contributed by atoms with Crippen molar-refractivity contribution in [2.24, 2.45) is 10.9 Å². The summed E-state index contributed by atoms with van der Waals surface area (Å²) in [5.74, 6) is 2.38. The first-order valence-electron chi connectivity index (χ1n) is 8.14. The van der Waals surface area contributed by atoms with E-state index >= 15 is 0 Å². The molecule has 0 radical (unpaired) electrons. The molecule has 1 aliphatic rings. The molecule has 23 heavy (non-hydrogen) atoms. The molecule has 2 rings (SSSR count). The van der Waals surface area contributed by atoms with Crippen LogP contribution in [0, 0.1) is 5.92 Å². The Bertz CT molecular complexity index is 504. The average Bonchev–Trinajstić information content (AvgIpc) is 3.03. The van der Waals surface area contributed by atoms with Gasteiger partial charge in [0.25, 0.3) is 0 Å². The maximum Gasteiger partial charge on any atom is 0.193 e. The molecule has 1 aliphatic heterocycles. The van der Waals surface area contributed by atoms with E-state index in [1.807, 2.05) is 24.3 Å². The van der Waals surface area contributed by atoms with Crippen LogP contribution in [0.2, 0.25) is 0 Å². The summed E-state index contributed by atoms with van der Waals surface area (Å²) in [5.41, 5.74) is 0. The number of hydrogen-bond donors (Lipinski definition) is 1. The molecule has 1 N–H and O–H groups in total. The Kier molecular flexibility index (Phi) is 7.68. The lowest BCUT2D eigenvalue weighted by molar-refractivity contribution is 0.181. The van der Waals surface area contributed by atoms with Crippen LogP contribution in [0.15, 0.2) is 33.7 Å². The second kappa shape index (κ2) is 9.78. The van der Waals surface area contributed by atoms with E-state index in [4.69, 9.17) is 9.47 Å². The minimum Gasteiger partial charge on any atom is -0.492 e. The van der Waals surface area contributed by atoms with Gasteiger partial charge in [0.15, 0.2) is 5.96 Å². The molecule has 0 amide bonds. The van der Waals surface area contributed by atoms with E-state index in [-0.39, 0.29) is 0 Å². The standard InChI is InChI=1S/C17H26BrN3O2/c1-3-19-17(21(2)12-14-7-9-22-13-14)20-8-10-23-16-6-4-5-15(18)11-16/h4-6,11,14H,3,7-10,12-13H2,1-2H3,(H,19,20). The lowest BCUT2D eigenvalue weighted by atomic mass is 10.1. The van der Waals surface area contributed by atoms with E-state index < -0.39 is 0 Å². The van der Waals surface area contributed by atoms with E-state index in [0.29, 0.717) is 19.1 Å². The molecule has 5 nitrogen and oxygen atoms in total. The third kappa shape index (κ3) is 6.39. The predicted molar refractivity (Wildman–Crippen MR) is 97.2 cm³/mol. The summed E-state index contributed by atoms with van der Waals surface area (Å²) in [4.78, 5) is 6.83. The average molecular weight is 384 g/mol. The van der Waals surface area contributed by atoms with Crippen LogP contribution < -0.4 is 10.1 Å².